The van der Waals surface area contributed by atoms with Gasteiger partial charge in [-0.1, -0.05) is 30.3 Å². The highest BCUT2D eigenvalue weighted by Crippen LogP contribution is 2.31. The molecule has 0 saturated carbocycles. The Labute approximate surface area is 133 Å². The Kier molecular flexibility index (Phi) is 3.87. The topological polar surface area (TPSA) is 33.1 Å². The standard InChI is InChI=1S/C16H11Br2NO/c17-13-7-6-11(9-14(13)18)16(20)12-5-1-3-10-4-2-8-19-15(10)12/h1-9,16,20H. The average Bonchev–Trinajstić information content (AvgIpc) is 2.49. The van der Waals surface area contributed by atoms with E-state index in [4.69, 9.17) is 0 Å². The summed E-state index contributed by atoms with van der Waals surface area (Å²) in [5.74, 6) is 0. The number of benzene rings is 2. The van der Waals surface area contributed by atoms with Gasteiger partial charge in [0.1, 0.15) is 6.10 Å². The molecule has 1 aromatic heterocycles. The van der Waals surface area contributed by atoms with E-state index >= 15 is 0 Å². The third-order valence-electron chi connectivity index (χ3n) is 3.22. The van der Waals surface area contributed by atoms with Crippen LogP contribution in [0.15, 0.2) is 63.7 Å². The number of aliphatic hydroxyl groups is 1. The van der Waals surface area contributed by atoms with Crippen LogP contribution >= 0.6 is 31.9 Å². The molecule has 1 unspecified atom stereocenters. The highest BCUT2D eigenvalue weighted by molar-refractivity contribution is 9.13. The van der Waals surface area contributed by atoms with Crippen molar-refractivity contribution in [2.45, 2.75) is 6.10 Å². The zero-order chi connectivity index (χ0) is 14.1. The third-order valence-corrected chi connectivity index (χ3v) is 5.10. The van der Waals surface area contributed by atoms with Crippen molar-refractivity contribution < 1.29 is 5.11 Å². The minimum Gasteiger partial charge on any atom is -0.384 e. The fourth-order valence-electron chi connectivity index (χ4n) is 2.21. The molecule has 1 heterocycles. The number of fused-ring (bicyclic) bond motifs is 1. The zero-order valence-corrected chi connectivity index (χ0v) is 13.6. The summed E-state index contributed by atoms with van der Waals surface area (Å²) in [6.45, 7) is 0. The van der Waals surface area contributed by atoms with Gasteiger partial charge in [-0.3, -0.25) is 4.98 Å². The smallest absolute Gasteiger partial charge is 0.106 e. The lowest BCUT2D eigenvalue weighted by Crippen LogP contribution is -2.01. The second-order valence-electron chi connectivity index (χ2n) is 4.50. The maximum atomic E-state index is 10.6. The molecule has 1 atom stereocenters. The zero-order valence-electron chi connectivity index (χ0n) is 10.4. The van der Waals surface area contributed by atoms with Crippen molar-refractivity contribution in [1.29, 1.82) is 0 Å². The van der Waals surface area contributed by atoms with Crippen LogP contribution in [0.1, 0.15) is 17.2 Å². The first kappa shape index (κ1) is 13.7. The lowest BCUT2D eigenvalue weighted by Gasteiger charge is -2.14. The second-order valence-corrected chi connectivity index (χ2v) is 6.21. The minimum atomic E-state index is -0.696. The number of aromatic nitrogens is 1. The number of pyridine rings is 1. The lowest BCUT2D eigenvalue weighted by molar-refractivity contribution is 0.221. The van der Waals surface area contributed by atoms with Gasteiger partial charge in [-0.25, -0.2) is 0 Å². The molecule has 2 nitrogen and oxygen atoms in total. The SMILES string of the molecule is OC(c1ccc(Br)c(Br)c1)c1cccc2cccnc12. The molecule has 0 radical (unpaired) electrons. The molecule has 0 amide bonds. The van der Waals surface area contributed by atoms with E-state index < -0.39 is 6.10 Å². The maximum absolute atomic E-state index is 10.6. The second kappa shape index (κ2) is 5.64. The molecule has 0 aliphatic carbocycles. The lowest BCUT2D eigenvalue weighted by atomic mass is 9.99. The predicted octanol–water partition coefficient (Wildman–Crippen LogP) is 4.84. The van der Waals surface area contributed by atoms with Crippen LogP contribution in [0.3, 0.4) is 0 Å². The van der Waals surface area contributed by atoms with Crippen molar-refractivity contribution in [2.24, 2.45) is 0 Å². The van der Waals surface area contributed by atoms with Crippen molar-refractivity contribution >= 4 is 42.8 Å². The van der Waals surface area contributed by atoms with Gasteiger partial charge in [0.05, 0.1) is 5.52 Å². The van der Waals surface area contributed by atoms with Gasteiger partial charge < -0.3 is 5.11 Å². The Balaban J connectivity index is 2.12. The molecule has 3 aromatic rings. The number of hydrogen-bond acceptors (Lipinski definition) is 2. The van der Waals surface area contributed by atoms with Crippen LogP contribution in [0.25, 0.3) is 10.9 Å². The number of para-hydroxylation sites is 1. The van der Waals surface area contributed by atoms with Gasteiger partial charge in [-0.2, -0.15) is 0 Å². The number of nitrogens with zero attached hydrogens (tertiary/aromatic N) is 1. The fourth-order valence-corrected chi connectivity index (χ4v) is 2.85. The average molecular weight is 393 g/mol. The molecule has 0 fully saturated rings. The Morgan fingerprint density at radius 3 is 2.55 bits per heavy atom. The fraction of sp³-hybridized carbons (Fsp3) is 0.0625. The van der Waals surface area contributed by atoms with Gasteiger partial charge in [0.15, 0.2) is 0 Å². The number of rotatable bonds is 2. The summed E-state index contributed by atoms with van der Waals surface area (Å²) in [5.41, 5.74) is 2.48. The molecule has 2 aromatic carbocycles. The molecule has 0 aliphatic heterocycles. The van der Waals surface area contributed by atoms with Gasteiger partial charge >= 0.3 is 0 Å². The van der Waals surface area contributed by atoms with E-state index in [1.54, 1.807) is 6.20 Å². The van der Waals surface area contributed by atoms with Gasteiger partial charge in [0, 0.05) is 26.1 Å². The Hall–Kier alpha value is -1.23. The number of hydrogen-bond donors (Lipinski definition) is 1. The predicted molar refractivity (Wildman–Crippen MR) is 87.6 cm³/mol. The summed E-state index contributed by atoms with van der Waals surface area (Å²) in [7, 11) is 0. The highest BCUT2D eigenvalue weighted by atomic mass is 79.9. The Morgan fingerprint density at radius 2 is 1.75 bits per heavy atom. The van der Waals surface area contributed by atoms with Crippen LogP contribution in [0.4, 0.5) is 0 Å². The molecule has 4 heteroatoms. The molecule has 100 valence electrons. The van der Waals surface area contributed by atoms with Crippen LogP contribution in [0, 0.1) is 0 Å². The largest absolute Gasteiger partial charge is 0.384 e. The summed E-state index contributed by atoms with van der Waals surface area (Å²) in [5, 5.41) is 11.7. The number of aliphatic hydroxyl groups excluding tert-OH is 1. The molecule has 0 spiro atoms. The molecule has 1 N–H and O–H groups in total. The Bertz CT molecular complexity index is 768. The highest BCUT2D eigenvalue weighted by Gasteiger charge is 2.15. The molecular formula is C16H11Br2NO. The normalized spacial score (nSPS) is 12.6. The van der Waals surface area contributed by atoms with Crippen LogP contribution in [-0.2, 0) is 0 Å². The van der Waals surface area contributed by atoms with Crippen molar-refractivity contribution in [3.63, 3.8) is 0 Å². The molecule has 0 bridgehead atoms. The first-order chi connectivity index (χ1) is 9.66. The molecule has 0 aliphatic rings. The van der Waals surface area contributed by atoms with E-state index in [9.17, 15) is 5.11 Å². The van der Waals surface area contributed by atoms with Crippen LogP contribution in [0.5, 0.6) is 0 Å². The van der Waals surface area contributed by atoms with Gasteiger partial charge in [0.25, 0.3) is 0 Å². The summed E-state index contributed by atoms with van der Waals surface area (Å²) in [6, 6.07) is 15.5. The minimum absolute atomic E-state index is 0.696. The van der Waals surface area contributed by atoms with Crippen molar-refractivity contribution in [3.05, 3.63) is 74.8 Å². The van der Waals surface area contributed by atoms with Crippen molar-refractivity contribution in [1.82, 2.24) is 4.98 Å². The van der Waals surface area contributed by atoms with Crippen molar-refractivity contribution in [2.75, 3.05) is 0 Å². The van der Waals surface area contributed by atoms with E-state index in [0.29, 0.717) is 0 Å². The quantitative estimate of drug-likeness (QED) is 0.676. The van der Waals surface area contributed by atoms with Crippen LogP contribution in [0.2, 0.25) is 0 Å². The Morgan fingerprint density at radius 1 is 0.950 bits per heavy atom. The molecule has 0 saturated heterocycles. The van der Waals surface area contributed by atoms with E-state index in [1.165, 1.54) is 0 Å². The van der Waals surface area contributed by atoms with E-state index in [2.05, 4.69) is 36.8 Å². The number of halogens is 2. The monoisotopic (exact) mass is 391 g/mol. The first-order valence-electron chi connectivity index (χ1n) is 6.13. The first-order valence-corrected chi connectivity index (χ1v) is 7.72. The van der Waals surface area contributed by atoms with E-state index in [-0.39, 0.29) is 0 Å². The van der Waals surface area contributed by atoms with Crippen LogP contribution in [-0.4, -0.2) is 10.1 Å². The third kappa shape index (κ3) is 2.51. The summed E-state index contributed by atoms with van der Waals surface area (Å²) < 4.78 is 1.88. The summed E-state index contributed by atoms with van der Waals surface area (Å²) in [6.07, 6.45) is 1.05. The molecular weight excluding hydrogens is 382 g/mol. The summed E-state index contributed by atoms with van der Waals surface area (Å²) >= 11 is 6.90. The van der Waals surface area contributed by atoms with Gasteiger partial charge in [0.2, 0.25) is 0 Å². The van der Waals surface area contributed by atoms with Crippen molar-refractivity contribution in [3.8, 4) is 0 Å². The van der Waals surface area contributed by atoms with Gasteiger partial charge in [-0.05, 0) is 55.6 Å². The molecule has 20 heavy (non-hydrogen) atoms. The van der Waals surface area contributed by atoms with E-state index in [0.717, 1.165) is 31.0 Å². The maximum Gasteiger partial charge on any atom is 0.106 e. The molecule has 3 rings (SSSR count). The van der Waals surface area contributed by atoms with E-state index in [1.807, 2.05) is 48.5 Å². The van der Waals surface area contributed by atoms with Crippen LogP contribution < -0.4 is 0 Å². The van der Waals surface area contributed by atoms with Gasteiger partial charge in [-0.15, -0.1) is 0 Å². The summed E-state index contributed by atoms with van der Waals surface area (Å²) in [4.78, 5) is 4.39.